The summed E-state index contributed by atoms with van der Waals surface area (Å²) in [4.78, 5) is 0. The summed E-state index contributed by atoms with van der Waals surface area (Å²) in [5.41, 5.74) is 2.93. The van der Waals surface area contributed by atoms with E-state index in [-0.39, 0.29) is 0 Å². The van der Waals surface area contributed by atoms with Gasteiger partial charge in [0.15, 0.2) is 0 Å². The van der Waals surface area contributed by atoms with Crippen LogP contribution in [0.4, 0.5) is 0 Å². The highest BCUT2D eigenvalue weighted by Crippen LogP contribution is 2.29. The summed E-state index contributed by atoms with van der Waals surface area (Å²) in [7, 11) is 0. The van der Waals surface area contributed by atoms with Crippen molar-refractivity contribution in [2.75, 3.05) is 6.54 Å². The summed E-state index contributed by atoms with van der Waals surface area (Å²) in [5.74, 6) is 0. The quantitative estimate of drug-likeness (QED) is 0.724. The molecule has 0 amide bonds. The first kappa shape index (κ1) is 16.5. The molecular weight excluding hydrogens is 254 g/mol. The van der Waals surface area contributed by atoms with Crippen LogP contribution in [0.15, 0.2) is 18.2 Å². The highest BCUT2D eigenvalue weighted by atomic mass is 35.5. The van der Waals surface area contributed by atoms with Crippen molar-refractivity contribution >= 4 is 11.6 Å². The molecule has 0 aliphatic carbocycles. The fourth-order valence-corrected chi connectivity index (χ4v) is 2.55. The van der Waals surface area contributed by atoms with E-state index < -0.39 is 0 Å². The van der Waals surface area contributed by atoms with Gasteiger partial charge in [-0.2, -0.15) is 0 Å². The second-order valence-corrected chi connectivity index (χ2v) is 7.10. The molecule has 1 atom stereocenters. The molecule has 0 spiro atoms. The first-order valence-electron chi connectivity index (χ1n) is 7.32. The molecule has 0 saturated heterocycles. The zero-order valence-electron chi connectivity index (χ0n) is 13.0. The van der Waals surface area contributed by atoms with Gasteiger partial charge >= 0.3 is 0 Å². The lowest BCUT2D eigenvalue weighted by Crippen LogP contribution is -2.23. The molecule has 0 heterocycles. The Balaban J connectivity index is 2.82. The van der Waals surface area contributed by atoms with Crippen LogP contribution in [-0.2, 0) is 0 Å². The SMILES string of the molecule is CCCNC(CCC(C)(C)C)c1cc(C)cc(Cl)c1. The van der Waals surface area contributed by atoms with Gasteiger partial charge in [0.25, 0.3) is 0 Å². The summed E-state index contributed by atoms with van der Waals surface area (Å²) in [6.45, 7) is 12.3. The fourth-order valence-electron chi connectivity index (χ4n) is 2.25. The van der Waals surface area contributed by atoms with Crippen LogP contribution in [0, 0.1) is 12.3 Å². The molecule has 1 unspecified atom stereocenters. The average Bonchev–Trinajstić information content (AvgIpc) is 2.26. The molecule has 0 aromatic heterocycles. The number of hydrogen-bond acceptors (Lipinski definition) is 1. The van der Waals surface area contributed by atoms with Crippen LogP contribution in [0.2, 0.25) is 5.02 Å². The van der Waals surface area contributed by atoms with E-state index in [2.05, 4.69) is 52.1 Å². The summed E-state index contributed by atoms with van der Waals surface area (Å²) in [6, 6.07) is 6.79. The molecule has 1 aromatic carbocycles. The molecule has 108 valence electrons. The zero-order valence-corrected chi connectivity index (χ0v) is 13.8. The maximum Gasteiger partial charge on any atom is 0.0411 e. The molecule has 1 nitrogen and oxygen atoms in total. The summed E-state index contributed by atoms with van der Waals surface area (Å²) >= 11 is 6.19. The van der Waals surface area contributed by atoms with Crippen LogP contribution in [0.3, 0.4) is 0 Å². The van der Waals surface area contributed by atoms with Gasteiger partial charge in [-0.05, 0) is 61.4 Å². The van der Waals surface area contributed by atoms with Crippen LogP contribution in [0.1, 0.15) is 64.1 Å². The van der Waals surface area contributed by atoms with Crippen molar-refractivity contribution in [1.29, 1.82) is 0 Å². The second-order valence-electron chi connectivity index (χ2n) is 6.67. The molecule has 0 fully saturated rings. The van der Waals surface area contributed by atoms with Crippen molar-refractivity contribution in [3.8, 4) is 0 Å². The van der Waals surface area contributed by atoms with Crippen molar-refractivity contribution in [2.24, 2.45) is 5.41 Å². The second kappa shape index (κ2) is 7.31. The Hall–Kier alpha value is -0.530. The molecular formula is C17H28ClN. The van der Waals surface area contributed by atoms with Gasteiger partial charge in [0.2, 0.25) is 0 Å². The maximum absolute atomic E-state index is 6.19. The molecule has 0 bridgehead atoms. The number of hydrogen-bond donors (Lipinski definition) is 1. The minimum atomic E-state index is 0.375. The van der Waals surface area contributed by atoms with E-state index in [1.54, 1.807) is 0 Å². The molecule has 1 aromatic rings. The summed E-state index contributed by atoms with van der Waals surface area (Å²) in [6.07, 6.45) is 3.52. The third-order valence-corrected chi connectivity index (χ3v) is 3.51. The van der Waals surface area contributed by atoms with Gasteiger partial charge in [-0.15, -0.1) is 0 Å². The maximum atomic E-state index is 6.19. The summed E-state index contributed by atoms with van der Waals surface area (Å²) < 4.78 is 0. The van der Waals surface area contributed by atoms with Gasteiger partial charge in [0, 0.05) is 11.1 Å². The molecule has 0 aliphatic rings. The van der Waals surface area contributed by atoms with Crippen molar-refractivity contribution < 1.29 is 0 Å². The number of halogens is 1. The standard InChI is InChI=1S/C17H28ClN/c1-6-9-19-16(7-8-17(3,4)5)14-10-13(2)11-15(18)12-14/h10-12,16,19H,6-9H2,1-5H3. The van der Waals surface area contributed by atoms with E-state index in [1.165, 1.54) is 17.5 Å². The Morgan fingerprint density at radius 3 is 2.42 bits per heavy atom. The highest BCUT2D eigenvalue weighted by molar-refractivity contribution is 6.30. The number of aryl methyl sites for hydroxylation is 1. The lowest BCUT2D eigenvalue weighted by Gasteiger charge is -2.25. The van der Waals surface area contributed by atoms with E-state index in [0.717, 1.165) is 24.4 Å². The topological polar surface area (TPSA) is 12.0 Å². The van der Waals surface area contributed by atoms with E-state index in [1.807, 2.05) is 6.07 Å². The molecule has 2 heteroatoms. The number of benzene rings is 1. The van der Waals surface area contributed by atoms with E-state index >= 15 is 0 Å². The monoisotopic (exact) mass is 281 g/mol. The van der Waals surface area contributed by atoms with Crippen molar-refractivity contribution in [2.45, 2.75) is 59.9 Å². The van der Waals surface area contributed by atoms with Crippen molar-refractivity contribution in [1.82, 2.24) is 5.32 Å². The Labute approximate surface area is 123 Å². The van der Waals surface area contributed by atoms with Crippen LogP contribution < -0.4 is 5.32 Å². The van der Waals surface area contributed by atoms with Crippen LogP contribution in [-0.4, -0.2) is 6.54 Å². The third kappa shape index (κ3) is 6.44. The minimum Gasteiger partial charge on any atom is -0.310 e. The third-order valence-electron chi connectivity index (χ3n) is 3.29. The normalized spacial score (nSPS) is 13.6. The highest BCUT2D eigenvalue weighted by Gasteiger charge is 2.17. The predicted molar refractivity (Wildman–Crippen MR) is 85.9 cm³/mol. The predicted octanol–water partition coefficient (Wildman–Crippen LogP) is 5.52. The lowest BCUT2D eigenvalue weighted by atomic mass is 9.87. The molecule has 0 aliphatic heterocycles. The number of nitrogens with one attached hydrogen (secondary N) is 1. The van der Waals surface area contributed by atoms with Crippen LogP contribution in [0.25, 0.3) is 0 Å². The Morgan fingerprint density at radius 2 is 1.89 bits per heavy atom. The van der Waals surface area contributed by atoms with Crippen molar-refractivity contribution in [3.05, 3.63) is 34.3 Å². The molecule has 1 N–H and O–H groups in total. The van der Waals surface area contributed by atoms with Crippen molar-refractivity contribution in [3.63, 3.8) is 0 Å². The van der Waals surface area contributed by atoms with E-state index in [4.69, 9.17) is 11.6 Å². The molecule has 0 saturated carbocycles. The van der Waals surface area contributed by atoms with Crippen LogP contribution in [0.5, 0.6) is 0 Å². The molecule has 19 heavy (non-hydrogen) atoms. The van der Waals surface area contributed by atoms with Gasteiger partial charge in [0.05, 0.1) is 0 Å². The number of rotatable bonds is 6. The Bertz CT molecular complexity index is 372. The molecule has 0 radical (unpaired) electrons. The van der Waals surface area contributed by atoms with Gasteiger partial charge < -0.3 is 5.32 Å². The van der Waals surface area contributed by atoms with Crippen LogP contribution >= 0.6 is 11.6 Å². The fraction of sp³-hybridized carbons (Fsp3) is 0.647. The average molecular weight is 282 g/mol. The van der Waals surface area contributed by atoms with E-state index in [0.29, 0.717) is 11.5 Å². The first-order valence-corrected chi connectivity index (χ1v) is 7.70. The Morgan fingerprint density at radius 1 is 1.21 bits per heavy atom. The molecule has 1 rings (SSSR count). The smallest absolute Gasteiger partial charge is 0.0411 e. The van der Waals surface area contributed by atoms with Gasteiger partial charge in [-0.3, -0.25) is 0 Å². The van der Waals surface area contributed by atoms with Gasteiger partial charge in [0.1, 0.15) is 0 Å². The van der Waals surface area contributed by atoms with Gasteiger partial charge in [-0.25, -0.2) is 0 Å². The zero-order chi connectivity index (χ0) is 14.5. The first-order chi connectivity index (χ1) is 8.81. The van der Waals surface area contributed by atoms with E-state index in [9.17, 15) is 0 Å². The minimum absolute atomic E-state index is 0.375. The van der Waals surface area contributed by atoms with Gasteiger partial charge in [-0.1, -0.05) is 45.4 Å². The lowest BCUT2D eigenvalue weighted by molar-refractivity contribution is 0.332. The largest absolute Gasteiger partial charge is 0.310 e. The summed E-state index contributed by atoms with van der Waals surface area (Å²) in [5, 5.41) is 4.50. The Kier molecular flexibility index (Phi) is 6.35.